The Morgan fingerprint density at radius 3 is 2.78 bits per heavy atom. The lowest BCUT2D eigenvalue weighted by molar-refractivity contribution is 0.171. The Labute approximate surface area is 190 Å². The Morgan fingerprint density at radius 1 is 1.09 bits per heavy atom. The standard InChI is InChI=1S/C25H25N3O3S/c1-16(17-8-9-22-23(13-17)31-11-10-30-22)28-25(29)27-15-20(24-7-4-12-32-24)19-14-26-21-6-3-2-5-18(19)21/h2-9,12-14,16,20,26H,10-11,15H2,1H3,(H2,27,28,29). The second-order valence-electron chi connectivity index (χ2n) is 7.84. The molecule has 32 heavy (non-hydrogen) atoms. The minimum absolute atomic E-state index is 0.0708. The molecule has 3 N–H and O–H groups in total. The minimum atomic E-state index is -0.200. The Bertz CT molecular complexity index is 1220. The van der Waals surface area contributed by atoms with Gasteiger partial charge in [-0.05, 0) is 47.7 Å². The molecule has 0 aliphatic carbocycles. The summed E-state index contributed by atoms with van der Waals surface area (Å²) in [4.78, 5) is 17.3. The molecular formula is C25H25N3O3S. The lowest BCUT2D eigenvalue weighted by Gasteiger charge is -2.22. The van der Waals surface area contributed by atoms with Gasteiger partial charge in [0, 0.05) is 34.4 Å². The molecule has 1 aliphatic heterocycles. The molecular weight excluding hydrogens is 422 g/mol. The molecule has 0 saturated carbocycles. The molecule has 1 aliphatic rings. The number of amides is 2. The second kappa shape index (κ2) is 8.96. The van der Waals surface area contributed by atoms with Crippen LogP contribution >= 0.6 is 11.3 Å². The predicted molar refractivity (Wildman–Crippen MR) is 127 cm³/mol. The quantitative estimate of drug-likeness (QED) is 0.381. The first-order valence-corrected chi connectivity index (χ1v) is 11.6. The molecule has 2 unspecified atom stereocenters. The summed E-state index contributed by atoms with van der Waals surface area (Å²) in [6.45, 7) is 3.56. The number of carbonyl (C=O) groups is 1. The first-order valence-electron chi connectivity index (χ1n) is 10.7. The van der Waals surface area contributed by atoms with Gasteiger partial charge in [-0.15, -0.1) is 11.3 Å². The zero-order valence-electron chi connectivity index (χ0n) is 17.8. The maximum absolute atomic E-state index is 12.7. The topological polar surface area (TPSA) is 75.4 Å². The largest absolute Gasteiger partial charge is 0.486 e. The number of para-hydroxylation sites is 1. The van der Waals surface area contributed by atoms with E-state index in [0.29, 0.717) is 19.8 Å². The highest BCUT2D eigenvalue weighted by molar-refractivity contribution is 7.10. The number of rotatable bonds is 6. The molecule has 7 heteroatoms. The van der Waals surface area contributed by atoms with E-state index in [1.807, 2.05) is 49.5 Å². The van der Waals surface area contributed by atoms with Crippen LogP contribution in [0.15, 0.2) is 66.2 Å². The van der Waals surface area contributed by atoms with Crippen molar-refractivity contribution in [3.05, 3.63) is 82.2 Å². The van der Waals surface area contributed by atoms with Crippen LogP contribution in [0.4, 0.5) is 4.79 Å². The summed E-state index contributed by atoms with van der Waals surface area (Å²) in [5.74, 6) is 1.54. The summed E-state index contributed by atoms with van der Waals surface area (Å²) in [5, 5.41) is 9.36. The van der Waals surface area contributed by atoms with Gasteiger partial charge in [0.15, 0.2) is 11.5 Å². The van der Waals surface area contributed by atoms with Crippen LogP contribution in [0.1, 0.15) is 34.9 Å². The van der Waals surface area contributed by atoms with Crippen molar-refractivity contribution in [2.45, 2.75) is 18.9 Å². The van der Waals surface area contributed by atoms with E-state index in [1.54, 1.807) is 11.3 Å². The average Bonchev–Trinajstić information content (AvgIpc) is 3.50. The van der Waals surface area contributed by atoms with Crippen LogP contribution in [-0.2, 0) is 0 Å². The van der Waals surface area contributed by atoms with Crippen molar-refractivity contribution in [3.63, 3.8) is 0 Å². The van der Waals surface area contributed by atoms with Crippen molar-refractivity contribution >= 4 is 28.3 Å². The van der Waals surface area contributed by atoms with Crippen molar-refractivity contribution in [2.24, 2.45) is 0 Å². The fraction of sp³-hybridized carbons (Fsp3) is 0.240. The van der Waals surface area contributed by atoms with E-state index in [4.69, 9.17) is 9.47 Å². The molecule has 0 bridgehead atoms. The first kappa shape index (κ1) is 20.5. The van der Waals surface area contributed by atoms with E-state index in [2.05, 4.69) is 39.2 Å². The van der Waals surface area contributed by atoms with Gasteiger partial charge in [0.2, 0.25) is 0 Å². The number of aromatic amines is 1. The maximum Gasteiger partial charge on any atom is 0.315 e. The highest BCUT2D eigenvalue weighted by atomic mass is 32.1. The van der Waals surface area contributed by atoms with Gasteiger partial charge in [-0.25, -0.2) is 4.79 Å². The van der Waals surface area contributed by atoms with Crippen LogP contribution in [0.25, 0.3) is 10.9 Å². The monoisotopic (exact) mass is 447 g/mol. The second-order valence-corrected chi connectivity index (χ2v) is 8.82. The molecule has 3 heterocycles. The number of benzene rings is 2. The molecule has 4 aromatic rings. The van der Waals surface area contributed by atoms with Gasteiger partial charge in [0.1, 0.15) is 13.2 Å². The van der Waals surface area contributed by atoms with Crippen LogP contribution in [0.2, 0.25) is 0 Å². The summed E-state index contributed by atoms with van der Waals surface area (Å²) in [5.41, 5.74) is 3.25. The third kappa shape index (κ3) is 4.16. The highest BCUT2D eigenvalue weighted by Crippen LogP contribution is 2.34. The number of hydrogen-bond donors (Lipinski definition) is 3. The molecule has 0 radical (unpaired) electrons. The summed E-state index contributed by atoms with van der Waals surface area (Å²) in [6, 6.07) is 17.8. The Balaban J connectivity index is 1.28. The number of aromatic nitrogens is 1. The Kier molecular flexibility index (Phi) is 5.73. The van der Waals surface area contributed by atoms with Crippen molar-refractivity contribution < 1.29 is 14.3 Å². The number of ether oxygens (including phenoxy) is 2. The lowest BCUT2D eigenvalue weighted by Crippen LogP contribution is -2.39. The molecule has 2 aromatic carbocycles. The fourth-order valence-electron chi connectivity index (χ4n) is 4.09. The van der Waals surface area contributed by atoms with E-state index in [0.717, 1.165) is 22.6 Å². The Morgan fingerprint density at radius 2 is 1.94 bits per heavy atom. The molecule has 5 rings (SSSR count). The van der Waals surface area contributed by atoms with Gasteiger partial charge in [0.05, 0.1) is 6.04 Å². The summed E-state index contributed by atoms with van der Waals surface area (Å²) in [7, 11) is 0. The first-order chi connectivity index (χ1) is 15.7. The van der Waals surface area contributed by atoms with Crippen LogP contribution in [0, 0.1) is 0 Å². The molecule has 0 spiro atoms. The van der Waals surface area contributed by atoms with Gasteiger partial charge in [-0.1, -0.05) is 30.3 Å². The zero-order valence-corrected chi connectivity index (χ0v) is 18.6. The SMILES string of the molecule is CC(NC(=O)NCC(c1cccs1)c1c[nH]c2ccccc12)c1ccc2c(c1)OCCO2. The lowest BCUT2D eigenvalue weighted by atomic mass is 9.97. The molecule has 0 saturated heterocycles. The normalized spacial score (nSPS) is 14.7. The van der Waals surface area contributed by atoms with Gasteiger partial charge in [-0.2, -0.15) is 0 Å². The molecule has 2 aromatic heterocycles. The number of urea groups is 1. The van der Waals surface area contributed by atoms with Gasteiger partial charge >= 0.3 is 6.03 Å². The number of hydrogen-bond acceptors (Lipinski definition) is 4. The summed E-state index contributed by atoms with van der Waals surface area (Å²) >= 11 is 1.70. The van der Waals surface area contributed by atoms with Crippen molar-refractivity contribution in [2.75, 3.05) is 19.8 Å². The van der Waals surface area contributed by atoms with Crippen LogP contribution in [-0.4, -0.2) is 30.8 Å². The number of H-pyrrole nitrogens is 1. The van der Waals surface area contributed by atoms with Crippen molar-refractivity contribution in [1.82, 2.24) is 15.6 Å². The van der Waals surface area contributed by atoms with Crippen LogP contribution in [0.3, 0.4) is 0 Å². The number of fused-ring (bicyclic) bond motifs is 2. The van der Waals surface area contributed by atoms with E-state index < -0.39 is 0 Å². The van der Waals surface area contributed by atoms with E-state index in [-0.39, 0.29) is 18.0 Å². The molecule has 6 nitrogen and oxygen atoms in total. The average molecular weight is 448 g/mol. The van der Waals surface area contributed by atoms with Crippen LogP contribution in [0.5, 0.6) is 11.5 Å². The van der Waals surface area contributed by atoms with E-state index in [1.165, 1.54) is 15.8 Å². The maximum atomic E-state index is 12.7. The zero-order chi connectivity index (χ0) is 21.9. The van der Waals surface area contributed by atoms with Gasteiger partial charge < -0.3 is 25.1 Å². The van der Waals surface area contributed by atoms with Gasteiger partial charge in [0.25, 0.3) is 0 Å². The number of nitrogens with one attached hydrogen (secondary N) is 3. The number of thiophene rings is 1. The van der Waals surface area contributed by atoms with Crippen molar-refractivity contribution in [1.29, 1.82) is 0 Å². The third-order valence-corrected chi connectivity index (χ3v) is 6.75. The number of carbonyl (C=O) groups excluding carboxylic acids is 1. The van der Waals surface area contributed by atoms with Crippen molar-refractivity contribution in [3.8, 4) is 11.5 Å². The third-order valence-electron chi connectivity index (χ3n) is 5.76. The molecule has 2 atom stereocenters. The van der Waals surface area contributed by atoms with E-state index in [9.17, 15) is 4.79 Å². The van der Waals surface area contributed by atoms with Crippen LogP contribution < -0.4 is 20.1 Å². The Hall–Kier alpha value is -3.45. The molecule has 0 fully saturated rings. The molecule has 164 valence electrons. The fourth-order valence-corrected chi connectivity index (χ4v) is 4.94. The summed E-state index contributed by atoms with van der Waals surface area (Å²) in [6.07, 6.45) is 2.05. The molecule has 2 amide bonds. The smallest absolute Gasteiger partial charge is 0.315 e. The summed E-state index contributed by atoms with van der Waals surface area (Å²) < 4.78 is 11.2. The highest BCUT2D eigenvalue weighted by Gasteiger charge is 2.21. The van der Waals surface area contributed by atoms with E-state index >= 15 is 0 Å². The van der Waals surface area contributed by atoms with Gasteiger partial charge in [-0.3, -0.25) is 0 Å². The minimum Gasteiger partial charge on any atom is -0.486 e. The predicted octanol–water partition coefficient (Wildman–Crippen LogP) is 5.19.